The highest BCUT2D eigenvalue weighted by atomic mass is 19.1. The minimum Gasteiger partial charge on any atom is -0.439 e. The Morgan fingerprint density at radius 1 is 1.18 bits per heavy atom. The van der Waals surface area contributed by atoms with Crippen molar-refractivity contribution in [2.24, 2.45) is 10.9 Å². The highest BCUT2D eigenvalue weighted by molar-refractivity contribution is 5.79. The molecule has 2 rings (SSSR count). The van der Waals surface area contributed by atoms with Crippen molar-refractivity contribution in [3.8, 4) is 11.6 Å². The summed E-state index contributed by atoms with van der Waals surface area (Å²) >= 11 is 0. The smallest absolute Gasteiger partial charge is 0.219 e. The molecule has 0 radical (unpaired) electrons. The second-order valence-electron chi connectivity index (χ2n) is 6.71. The van der Waals surface area contributed by atoms with E-state index in [-0.39, 0.29) is 5.82 Å². The van der Waals surface area contributed by atoms with Gasteiger partial charge in [-0.1, -0.05) is 26.0 Å². The van der Waals surface area contributed by atoms with E-state index in [0.717, 1.165) is 18.6 Å². The molecule has 0 bridgehead atoms. The Balaban J connectivity index is 1.71. The number of halogens is 1. The number of aliphatic imine (C=N–C) groups is 1. The van der Waals surface area contributed by atoms with Crippen LogP contribution in [0.3, 0.4) is 0 Å². The lowest BCUT2D eigenvalue weighted by Crippen LogP contribution is -2.38. The normalized spacial score (nSPS) is 11.5. The fraction of sp³-hybridized carbons (Fsp3) is 0.429. The van der Waals surface area contributed by atoms with Gasteiger partial charge >= 0.3 is 0 Å². The van der Waals surface area contributed by atoms with Gasteiger partial charge in [0.25, 0.3) is 0 Å². The van der Waals surface area contributed by atoms with E-state index >= 15 is 0 Å². The van der Waals surface area contributed by atoms with Crippen molar-refractivity contribution in [1.82, 2.24) is 15.6 Å². The summed E-state index contributed by atoms with van der Waals surface area (Å²) in [6.45, 7) is 7.05. The molecule has 1 aromatic carbocycles. The molecule has 6 nitrogen and oxygen atoms in total. The molecular weight excluding hydrogens is 359 g/mol. The molecule has 152 valence electrons. The second kappa shape index (κ2) is 11.9. The average Bonchev–Trinajstić information content (AvgIpc) is 2.68. The molecule has 0 aliphatic heterocycles. The summed E-state index contributed by atoms with van der Waals surface area (Å²) in [5, 5.41) is 6.43. The molecule has 7 heteroatoms. The molecule has 0 unspecified atom stereocenters. The molecule has 0 fully saturated rings. The fourth-order valence-corrected chi connectivity index (χ4v) is 2.30. The number of guanidine groups is 1. The zero-order valence-corrected chi connectivity index (χ0v) is 16.7. The fourth-order valence-electron chi connectivity index (χ4n) is 2.30. The summed E-state index contributed by atoms with van der Waals surface area (Å²) in [4.78, 5) is 8.44. The van der Waals surface area contributed by atoms with Gasteiger partial charge in [-0.15, -0.1) is 0 Å². The molecule has 2 aromatic rings. The minimum absolute atomic E-state index is 0.345. The van der Waals surface area contributed by atoms with Gasteiger partial charge in [0.1, 0.15) is 11.6 Å². The zero-order chi connectivity index (χ0) is 20.2. The van der Waals surface area contributed by atoms with Crippen LogP contribution in [-0.4, -0.2) is 37.7 Å². The summed E-state index contributed by atoms with van der Waals surface area (Å²) in [5.41, 5.74) is 0.975. The maximum Gasteiger partial charge on any atom is 0.219 e. The Labute approximate surface area is 166 Å². The van der Waals surface area contributed by atoms with E-state index in [1.54, 1.807) is 31.4 Å². The minimum atomic E-state index is -0.345. The van der Waals surface area contributed by atoms with Crippen molar-refractivity contribution in [2.75, 3.05) is 26.8 Å². The molecule has 0 atom stereocenters. The predicted molar refractivity (Wildman–Crippen MR) is 109 cm³/mol. The van der Waals surface area contributed by atoms with Crippen molar-refractivity contribution in [3.63, 3.8) is 0 Å². The molecule has 0 saturated heterocycles. The van der Waals surface area contributed by atoms with Crippen LogP contribution in [0.2, 0.25) is 0 Å². The van der Waals surface area contributed by atoms with Gasteiger partial charge in [0.15, 0.2) is 5.96 Å². The molecule has 0 aliphatic rings. The second-order valence-corrected chi connectivity index (χ2v) is 6.71. The first kappa shape index (κ1) is 21.6. The third-order valence-electron chi connectivity index (χ3n) is 3.88. The first-order chi connectivity index (χ1) is 13.6. The Hall–Kier alpha value is -2.67. The van der Waals surface area contributed by atoms with Crippen LogP contribution in [0.25, 0.3) is 0 Å². The molecule has 0 saturated carbocycles. The van der Waals surface area contributed by atoms with Gasteiger partial charge in [-0.25, -0.2) is 9.37 Å². The SMILES string of the molecule is CN=C(NCCOCCC(C)C)NCc1ccc(Oc2cccc(F)c2)nc1. The molecule has 2 N–H and O–H groups in total. The van der Waals surface area contributed by atoms with Crippen LogP contribution in [0.5, 0.6) is 11.6 Å². The number of nitrogens with zero attached hydrogens (tertiary/aromatic N) is 2. The van der Waals surface area contributed by atoms with Crippen LogP contribution in [0.15, 0.2) is 47.6 Å². The third kappa shape index (κ3) is 8.35. The van der Waals surface area contributed by atoms with E-state index in [0.29, 0.717) is 43.2 Å². The van der Waals surface area contributed by atoms with E-state index in [9.17, 15) is 4.39 Å². The first-order valence-electron chi connectivity index (χ1n) is 9.47. The number of ether oxygens (including phenoxy) is 2. The topological polar surface area (TPSA) is 67.8 Å². The Morgan fingerprint density at radius 2 is 2.04 bits per heavy atom. The maximum absolute atomic E-state index is 13.2. The number of nitrogens with one attached hydrogen (secondary N) is 2. The summed E-state index contributed by atoms with van der Waals surface area (Å²) in [5.74, 6) is 1.84. The monoisotopic (exact) mass is 388 g/mol. The molecule has 1 heterocycles. The number of benzene rings is 1. The number of aromatic nitrogens is 1. The van der Waals surface area contributed by atoms with Gasteiger partial charge in [-0.3, -0.25) is 4.99 Å². The Morgan fingerprint density at radius 3 is 2.71 bits per heavy atom. The van der Waals surface area contributed by atoms with Gasteiger partial charge < -0.3 is 20.1 Å². The van der Waals surface area contributed by atoms with Gasteiger partial charge in [-0.05, 0) is 30.0 Å². The van der Waals surface area contributed by atoms with Gasteiger partial charge in [0.05, 0.1) is 6.61 Å². The van der Waals surface area contributed by atoms with Crippen LogP contribution in [0.4, 0.5) is 4.39 Å². The number of rotatable bonds is 10. The lowest BCUT2D eigenvalue weighted by atomic mass is 10.1. The molecule has 28 heavy (non-hydrogen) atoms. The average molecular weight is 388 g/mol. The van der Waals surface area contributed by atoms with Crippen LogP contribution in [0.1, 0.15) is 25.8 Å². The largest absolute Gasteiger partial charge is 0.439 e. The predicted octanol–water partition coefficient (Wildman–Crippen LogP) is 3.74. The van der Waals surface area contributed by atoms with Crippen LogP contribution < -0.4 is 15.4 Å². The molecule has 0 amide bonds. The summed E-state index contributed by atoms with van der Waals surface area (Å²) < 4.78 is 24.3. The summed E-state index contributed by atoms with van der Waals surface area (Å²) in [6.07, 6.45) is 2.78. The highest BCUT2D eigenvalue weighted by Gasteiger charge is 2.02. The van der Waals surface area contributed by atoms with Crippen molar-refractivity contribution in [2.45, 2.75) is 26.8 Å². The number of pyridine rings is 1. The lowest BCUT2D eigenvalue weighted by molar-refractivity contribution is 0.128. The zero-order valence-electron chi connectivity index (χ0n) is 16.7. The third-order valence-corrected chi connectivity index (χ3v) is 3.88. The molecule has 1 aromatic heterocycles. The van der Waals surface area contributed by atoms with Crippen LogP contribution >= 0.6 is 0 Å². The van der Waals surface area contributed by atoms with E-state index < -0.39 is 0 Å². The Bertz CT molecular complexity index is 735. The van der Waals surface area contributed by atoms with Crippen molar-refractivity contribution in [1.29, 1.82) is 0 Å². The lowest BCUT2D eigenvalue weighted by Gasteiger charge is -2.12. The summed E-state index contributed by atoms with van der Waals surface area (Å²) in [6, 6.07) is 9.62. The molecule has 0 spiro atoms. The van der Waals surface area contributed by atoms with Gasteiger partial charge in [-0.2, -0.15) is 0 Å². The molecular formula is C21H29FN4O2. The first-order valence-corrected chi connectivity index (χ1v) is 9.47. The van der Waals surface area contributed by atoms with Crippen LogP contribution in [-0.2, 0) is 11.3 Å². The quantitative estimate of drug-likeness (QED) is 0.369. The van der Waals surface area contributed by atoms with E-state index in [4.69, 9.17) is 9.47 Å². The van der Waals surface area contributed by atoms with E-state index in [1.807, 2.05) is 6.07 Å². The van der Waals surface area contributed by atoms with Gasteiger partial charge in [0, 0.05) is 45.1 Å². The number of hydrogen-bond donors (Lipinski definition) is 2. The maximum atomic E-state index is 13.2. The number of hydrogen-bond acceptors (Lipinski definition) is 4. The van der Waals surface area contributed by atoms with Crippen molar-refractivity contribution >= 4 is 5.96 Å². The standard InChI is InChI=1S/C21H29FN4O2/c1-16(2)9-11-27-12-10-24-21(23-3)26-15-17-7-8-20(25-14-17)28-19-6-4-5-18(22)13-19/h4-8,13-14,16H,9-12,15H2,1-3H3,(H2,23,24,26). The highest BCUT2D eigenvalue weighted by Crippen LogP contribution is 2.19. The van der Waals surface area contributed by atoms with Crippen molar-refractivity contribution < 1.29 is 13.9 Å². The van der Waals surface area contributed by atoms with Crippen molar-refractivity contribution in [3.05, 3.63) is 54.0 Å². The van der Waals surface area contributed by atoms with E-state index in [1.165, 1.54) is 12.1 Å². The summed E-state index contributed by atoms with van der Waals surface area (Å²) in [7, 11) is 1.73. The van der Waals surface area contributed by atoms with Gasteiger partial charge in [0.2, 0.25) is 5.88 Å². The van der Waals surface area contributed by atoms with Crippen LogP contribution in [0, 0.1) is 11.7 Å². The van der Waals surface area contributed by atoms with E-state index in [2.05, 4.69) is 34.5 Å². The molecule has 0 aliphatic carbocycles. The Kier molecular flexibility index (Phi) is 9.21.